The first kappa shape index (κ1) is 55.2. The highest BCUT2D eigenvalue weighted by molar-refractivity contribution is 6.31. The van der Waals surface area contributed by atoms with Gasteiger partial charge in [0.05, 0.1) is 56.4 Å². The van der Waals surface area contributed by atoms with Crippen molar-refractivity contribution in [3.63, 3.8) is 0 Å². The van der Waals surface area contributed by atoms with Gasteiger partial charge < -0.3 is 32.6 Å². The van der Waals surface area contributed by atoms with Gasteiger partial charge >= 0.3 is 6.09 Å². The smallest absolute Gasteiger partial charge is 0.413 e. The van der Waals surface area contributed by atoms with Gasteiger partial charge in [0.15, 0.2) is 11.4 Å². The molecule has 0 spiro atoms. The van der Waals surface area contributed by atoms with E-state index in [1.54, 1.807) is 76.2 Å². The second-order valence-electron chi connectivity index (χ2n) is 18.7. The van der Waals surface area contributed by atoms with Crippen LogP contribution >= 0.6 is 23.2 Å². The molecule has 0 aliphatic carbocycles. The molecule has 0 bridgehead atoms. The van der Waals surface area contributed by atoms with E-state index < -0.39 is 35.3 Å². The molecule has 6 aromatic heterocycles. The Balaban J connectivity index is 0.000000227. The summed E-state index contributed by atoms with van der Waals surface area (Å²) in [5.41, 5.74) is 23.6. The first-order valence-corrected chi connectivity index (χ1v) is 24.1. The Morgan fingerprint density at radius 2 is 1.09 bits per heavy atom. The molecule has 5 amide bonds. The summed E-state index contributed by atoms with van der Waals surface area (Å²) < 4.78 is 8.16. The number of nitrogens with zero attached hydrogens (tertiary/aromatic N) is 10. The maximum atomic E-state index is 13.1. The molecule has 0 saturated carbocycles. The summed E-state index contributed by atoms with van der Waals surface area (Å²) >= 11 is 12.1. The van der Waals surface area contributed by atoms with Crippen molar-refractivity contribution in [1.29, 1.82) is 10.5 Å². The molecule has 24 heteroatoms. The Kier molecular flexibility index (Phi) is 16.5. The molecule has 8 aromatic rings. The van der Waals surface area contributed by atoms with Gasteiger partial charge in [0.2, 0.25) is 0 Å². The van der Waals surface area contributed by atoms with Crippen LogP contribution in [0.25, 0.3) is 21.8 Å². The van der Waals surface area contributed by atoms with Gasteiger partial charge in [-0.05, 0) is 130 Å². The van der Waals surface area contributed by atoms with Crippen molar-refractivity contribution >= 4 is 86.4 Å². The number of nitrogens with two attached hydrogens (primary N) is 3. The molecule has 8 rings (SSSR count). The molecule has 0 saturated heterocycles. The van der Waals surface area contributed by atoms with Gasteiger partial charge in [0, 0.05) is 60.0 Å². The fourth-order valence-electron chi connectivity index (χ4n) is 8.29. The van der Waals surface area contributed by atoms with E-state index >= 15 is 0 Å². The number of fused-ring (bicyclic) bond motifs is 2. The number of nitriles is 2. The van der Waals surface area contributed by atoms with E-state index in [2.05, 4.69) is 46.1 Å². The quantitative estimate of drug-likeness (QED) is 0.0675. The van der Waals surface area contributed by atoms with Gasteiger partial charge in [0.1, 0.15) is 29.4 Å². The highest BCUT2D eigenvalue weighted by Gasteiger charge is 2.22. The molecular formula is C53H50Cl2N16O6. The Hall–Kier alpha value is -9.51. The number of nitrogen functional groups attached to an aromatic ring is 1. The molecule has 0 atom stereocenters. The number of carbonyl (C=O) groups excluding carboxylic acids is 5. The lowest BCUT2D eigenvalue weighted by Gasteiger charge is -2.20. The highest BCUT2D eigenvalue weighted by Crippen LogP contribution is 2.26. The minimum Gasteiger partial charge on any atom is -0.444 e. The van der Waals surface area contributed by atoms with E-state index in [4.69, 9.17) is 45.1 Å². The monoisotopic (exact) mass is 1080 g/mol. The van der Waals surface area contributed by atoms with Gasteiger partial charge in [-0.25, -0.2) is 14.8 Å². The van der Waals surface area contributed by atoms with Crippen LogP contribution in [0.3, 0.4) is 0 Å². The largest absolute Gasteiger partial charge is 0.444 e. The van der Waals surface area contributed by atoms with Gasteiger partial charge in [0.25, 0.3) is 23.6 Å². The van der Waals surface area contributed by atoms with Crippen LogP contribution < -0.4 is 33.2 Å². The molecule has 6 heterocycles. The number of halogens is 2. The average molecular weight is 1080 g/mol. The summed E-state index contributed by atoms with van der Waals surface area (Å²) in [4.78, 5) is 79.1. The molecule has 0 aliphatic rings. The van der Waals surface area contributed by atoms with Crippen LogP contribution in [0.5, 0.6) is 0 Å². The van der Waals surface area contributed by atoms with Crippen LogP contribution in [0.4, 0.5) is 16.4 Å². The lowest BCUT2D eigenvalue weighted by atomic mass is 10.0. The van der Waals surface area contributed by atoms with Gasteiger partial charge in [-0.15, -0.1) is 0 Å². The molecule has 22 nitrogen and oxygen atoms in total. The summed E-state index contributed by atoms with van der Waals surface area (Å²) in [5.74, 6) is -1.49. The summed E-state index contributed by atoms with van der Waals surface area (Å²) in [6.07, 6.45) is 5.20. The SMILES string of the molecule is Cc1cc(N)nc(C)c1CNC(=O)c1cn(Cc2cc(C(N)=O)c3ncc(Cl)cc3c2)nc1C#N.Cc1cc(NC(=O)OC(C)(C)C)nc(C)c1CNC(=O)c1cn(Cc2cc(C(N)=O)c3ncc(Cl)cc3c2)nc1C#N. The van der Waals surface area contributed by atoms with Crippen molar-refractivity contribution in [2.24, 2.45) is 11.5 Å². The molecule has 9 N–H and O–H groups in total. The zero-order chi connectivity index (χ0) is 56.0. The number of hydrogen-bond acceptors (Lipinski definition) is 15. The minimum absolute atomic E-state index is 0.0213. The predicted octanol–water partition coefficient (Wildman–Crippen LogP) is 7.02. The number of primary amides is 2. The maximum absolute atomic E-state index is 13.1. The third kappa shape index (κ3) is 13.4. The third-order valence-corrected chi connectivity index (χ3v) is 12.1. The van der Waals surface area contributed by atoms with E-state index in [-0.39, 0.29) is 59.8 Å². The standard InChI is InChI=1S/C29H29ClN8O4.C24H21ClN8O2/c1-15-6-24(36-28(41)42-29(3,4)5)35-16(2)21(15)12-34-27(40)22-14-38(37-23(22)10-31)13-17-7-18-9-19(30)11-33-25(18)20(8-17)26(32)39;1-12-3-21(27)31-13(2)18(12)9-30-24(35)19-11-33(32-20(19)7-26)10-14-4-15-6-16(25)8-29-22(15)17(5-14)23(28)34/h6-9,11,14H,12-13H2,1-5H3,(H2,32,39)(H,34,40)(H,35,36,41);3-6,8,11H,9-10H2,1-2H3,(H2,27,31)(H2,28,34)(H,30,35). The highest BCUT2D eigenvalue weighted by atomic mass is 35.5. The molecule has 0 radical (unpaired) electrons. The molecule has 0 unspecified atom stereocenters. The zero-order valence-electron chi connectivity index (χ0n) is 42.7. The van der Waals surface area contributed by atoms with Crippen LogP contribution in [0, 0.1) is 50.4 Å². The van der Waals surface area contributed by atoms with Crippen LogP contribution in [0.2, 0.25) is 10.0 Å². The number of aryl methyl sites for hydroxylation is 4. The van der Waals surface area contributed by atoms with E-state index in [0.29, 0.717) is 60.3 Å². The van der Waals surface area contributed by atoms with Crippen molar-refractivity contribution in [1.82, 2.24) is 50.1 Å². The number of carbonyl (C=O) groups is 5. The summed E-state index contributed by atoms with van der Waals surface area (Å²) in [6, 6.07) is 17.5. The van der Waals surface area contributed by atoms with Gasteiger partial charge in [-0.3, -0.25) is 43.8 Å². The van der Waals surface area contributed by atoms with E-state index in [9.17, 15) is 34.5 Å². The number of aromatic nitrogens is 8. The maximum Gasteiger partial charge on any atom is 0.413 e. The number of hydrogen-bond donors (Lipinski definition) is 6. The Morgan fingerprint density at radius 3 is 1.49 bits per heavy atom. The van der Waals surface area contributed by atoms with Crippen molar-refractivity contribution in [2.45, 2.75) is 80.2 Å². The molecule has 0 aliphatic heterocycles. The van der Waals surface area contributed by atoms with Crippen molar-refractivity contribution in [3.05, 3.63) is 162 Å². The number of ether oxygens (including phenoxy) is 1. The van der Waals surface area contributed by atoms with Crippen LogP contribution in [0.1, 0.15) is 118 Å². The molecule has 77 heavy (non-hydrogen) atoms. The fraction of sp³-hybridized carbons (Fsp3) is 0.226. The predicted molar refractivity (Wildman–Crippen MR) is 287 cm³/mol. The number of pyridine rings is 4. The van der Waals surface area contributed by atoms with Gasteiger partial charge in [-0.2, -0.15) is 20.7 Å². The Bertz CT molecular complexity index is 3750. The lowest BCUT2D eigenvalue weighted by molar-refractivity contribution is 0.0634. The van der Waals surface area contributed by atoms with Crippen LogP contribution in [-0.4, -0.2) is 74.8 Å². The van der Waals surface area contributed by atoms with E-state index in [1.165, 1.54) is 34.2 Å². The number of rotatable bonds is 13. The fourth-order valence-corrected chi connectivity index (χ4v) is 8.62. The lowest BCUT2D eigenvalue weighted by Crippen LogP contribution is -2.28. The van der Waals surface area contributed by atoms with E-state index in [1.807, 2.05) is 32.9 Å². The second kappa shape index (κ2) is 22.9. The van der Waals surface area contributed by atoms with Crippen LogP contribution in [0.15, 0.2) is 73.3 Å². The van der Waals surface area contributed by atoms with Crippen molar-refractivity contribution in [2.75, 3.05) is 11.1 Å². The Morgan fingerprint density at radius 1 is 0.649 bits per heavy atom. The number of amides is 5. The topological polar surface area (TPSA) is 344 Å². The number of anilines is 2. The summed E-state index contributed by atoms with van der Waals surface area (Å²) in [6.45, 7) is 13.3. The number of benzene rings is 2. The van der Waals surface area contributed by atoms with Crippen molar-refractivity contribution < 1.29 is 28.7 Å². The van der Waals surface area contributed by atoms with Crippen molar-refractivity contribution in [3.8, 4) is 12.1 Å². The molecular weight excluding hydrogens is 1030 g/mol. The first-order chi connectivity index (χ1) is 36.4. The van der Waals surface area contributed by atoms with Crippen LogP contribution in [-0.2, 0) is 30.9 Å². The molecule has 392 valence electrons. The molecule has 0 fully saturated rings. The zero-order valence-corrected chi connectivity index (χ0v) is 44.2. The number of nitrogens with one attached hydrogen (secondary N) is 3. The first-order valence-electron chi connectivity index (χ1n) is 23.4. The Labute approximate surface area is 450 Å². The summed E-state index contributed by atoms with van der Waals surface area (Å²) in [5, 5.41) is 37.9. The average Bonchev–Trinajstić information content (AvgIpc) is 3.97. The summed E-state index contributed by atoms with van der Waals surface area (Å²) in [7, 11) is 0. The van der Waals surface area contributed by atoms with E-state index in [0.717, 1.165) is 27.9 Å². The second-order valence-corrected chi connectivity index (χ2v) is 19.5. The third-order valence-electron chi connectivity index (χ3n) is 11.7. The minimum atomic E-state index is -0.651. The van der Waals surface area contributed by atoms with Gasteiger partial charge in [-0.1, -0.05) is 23.2 Å². The normalized spacial score (nSPS) is 11.0. The molecule has 2 aromatic carbocycles.